The smallest absolute Gasteiger partial charge is 0.311 e. The number of halogens is 2. The van der Waals surface area contributed by atoms with Gasteiger partial charge in [0.05, 0.1) is 16.5 Å². The van der Waals surface area contributed by atoms with Gasteiger partial charge in [-0.05, 0) is 43.4 Å². The molecule has 0 radical (unpaired) electrons. The minimum atomic E-state index is -0.811. The highest BCUT2D eigenvalue weighted by atomic mass is 35.5. The van der Waals surface area contributed by atoms with Crippen LogP contribution in [0.15, 0.2) is 18.2 Å². The molecule has 0 unspecified atom stereocenters. The summed E-state index contributed by atoms with van der Waals surface area (Å²) in [6.07, 6.45) is 3.68. The Morgan fingerprint density at radius 3 is 2.62 bits per heavy atom. The second-order valence-electron chi connectivity index (χ2n) is 6.43. The van der Waals surface area contributed by atoms with Crippen molar-refractivity contribution >= 4 is 35.1 Å². The van der Waals surface area contributed by atoms with Crippen LogP contribution in [0.4, 0.5) is 0 Å². The third-order valence-electron chi connectivity index (χ3n) is 4.45. The van der Waals surface area contributed by atoms with Gasteiger partial charge in [-0.3, -0.25) is 9.59 Å². The number of rotatable bonds is 5. The highest BCUT2D eigenvalue weighted by Gasteiger charge is 2.26. The van der Waals surface area contributed by atoms with E-state index in [0.29, 0.717) is 21.5 Å². The molecule has 0 bridgehead atoms. The van der Waals surface area contributed by atoms with E-state index in [9.17, 15) is 9.59 Å². The molecule has 1 amide bonds. The van der Waals surface area contributed by atoms with Gasteiger partial charge in [0.1, 0.15) is 0 Å². The van der Waals surface area contributed by atoms with Gasteiger partial charge in [0, 0.05) is 6.04 Å². The van der Waals surface area contributed by atoms with E-state index in [1.807, 2.05) is 0 Å². The first-order valence-electron chi connectivity index (χ1n) is 8.30. The molecule has 3 atom stereocenters. The van der Waals surface area contributed by atoms with Crippen LogP contribution < -0.4 is 5.32 Å². The molecular formula is C18H23Cl2NO3. The summed E-state index contributed by atoms with van der Waals surface area (Å²) in [6.45, 7) is 3.74. The fourth-order valence-electron chi connectivity index (χ4n) is 2.94. The van der Waals surface area contributed by atoms with E-state index in [-0.39, 0.29) is 18.4 Å². The van der Waals surface area contributed by atoms with Crippen LogP contribution in [-0.4, -0.2) is 24.0 Å². The lowest BCUT2D eigenvalue weighted by Crippen LogP contribution is -2.46. The largest absolute Gasteiger partial charge is 0.452 e. The quantitative estimate of drug-likeness (QED) is 0.790. The molecule has 0 aromatic heterocycles. The van der Waals surface area contributed by atoms with E-state index in [0.717, 1.165) is 19.3 Å². The zero-order chi connectivity index (χ0) is 17.7. The SMILES string of the molecule is C[C@@H](OC(=O)Cc1ccc(Cl)c(Cl)c1)C(=O)N[C@H]1CCCC[C@@H]1C. The van der Waals surface area contributed by atoms with Gasteiger partial charge < -0.3 is 10.1 Å². The van der Waals surface area contributed by atoms with Crippen molar-refractivity contribution in [2.24, 2.45) is 5.92 Å². The Morgan fingerprint density at radius 1 is 1.25 bits per heavy atom. The summed E-state index contributed by atoms with van der Waals surface area (Å²) < 4.78 is 5.24. The molecule has 0 saturated heterocycles. The highest BCUT2D eigenvalue weighted by molar-refractivity contribution is 6.42. The molecule has 0 aliphatic heterocycles. The summed E-state index contributed by atoms with van der Waals surface area (Å²) in [7, 11) is 0. The third kappa shape index (κ3) is 5.38. The molecule has 1 aliphatic rings. The van der Waals surface area contributed by atoms with Crippen LogP contribution in [0, 0.1) is 5.92 Å². The first-order valence-corrected chi connectivity index (χ1v) is 9.06. The summed E-state index contributed by atoms with van der Waals surface area (Å²) in [5, 5.41) is 3.82. The van der Waals surface area contributed by atoms with Gasteiger partial charge in [-0.25, -0.2) is 0 Å². The molecule has 1 fully saturated rings. The maximum absolute atomic E-state index is 12.2. The number of ether oxygens (including phenoxy) is 1. The van der Waals surface area contributed by atoms with Crippen LogP contribution >= 0.6 is 23.2 Å². The van der Waals surface area contributed by atoms with E-state index >= 15 is 0 Å². The monoisotopic (exact) mass is 371 g/mol. The van der Waals surface area contributed by atoms with Crippen LogP contribution in [0.5, 0.6) is 0 Å². The van der Waals surface area contributed by atoms with Crippen molar-refractivity contribution in [3.05, 3.63) is 33.8 Å². The minimum Gasteiger partial charge on any atom is -0.452 e. The molecule has 1 saturated carbocycles. The van der Waals surface area contributed by atoms with E-state index in [1.165, 1.54) is 6.42 Å². The lowest BCUT2D eigenvalue weighted by Gasteiger charge is -2.30. The molecule has 132 valence electrons. The van der Waals surface area contributed by atoms with Crippen LogP contribution in [-0.2, 0) is 20.7 Å². The molecule has 1 N–H and O–H groups in total. The minimum absolute atomic E-state index is 0.0499. The van der Waals surface area contributed by atoms with E-state index in [4.69, 9.17) is 27.9 Å². The summed E-state index contributed by atoms with van der Waals surface area (Å²) >= 11 is 11.8. The summed E-state index contributed by atoms with van der Waals surface area (Å²) in [6, 6.07) is 5.14. The van der Waals surface area contributed by atoms with Crippen molar-refractivity contribution < 1.29 is 14.3 Å². The maximum Gasteiger partial charge on any atom is 0.311 e. The topological polar surface area (TPSA) is 55.4 Å². The Kier molecular flexibility index (Phi) is 6.93. The van der Waals surface area contributed by atoms with E-state index in [1.54, 1.807) is 25.1 Å². The predicted molar refractivity (Wildman–Crippen MR) is 95.3 cm³/mol. The average molecular weight is 372 g/mol. The number of carbonyl (C=O) groups excluding carboxylic acids is 2. The van der Waals surface area contributed by atoms with Gasteiger partial charge in [-0.15, -0.1) is 0 Å². The number of benzene rings is 1. The number of esters is 1. The Balaban J connectivity index is 1.83. The van der Waals surface area contributed by atoms with Crippen molar-refractivity contribution in [1.82, 2.24) is 5.32 Å². The second-order valence-corrected chi connectivity index (χ2v) is 7.25. The average Bonchev–Trinajstić information content (AvgIpc) is 2.53. The number of carbonyl (C=O) groups is 2. The lowest BCUT2D eigenvalue weighted by molar-refractivity contribution is -0.154. The zero-order valence-electron chi connectivity index (χ0n) is 14.0. The van der Waals surface area contributed by atoms with E-state index < -0.39 is 12.1 Å². The standard InChI is InChI=1S/C18H23Cl2NO3/c1-11-5-3-4-6-16(11)21-18(23)12(2)24-17(22)10-13-7-8-14(19)15(20)9-13/h7-9,11-12,16H,3-6,10H2,1-2H3,(H,21,23)/t11-,12+,16-/m0/s1. The first-order chi connectivity index (χ1) is 11.4. The molecule has 1 aliphatic carbocycles. The lowest BCUT2D eigenvalue weighted by atomic mass is 9.86. The fourth-order valence-corrected chi connectivity index (χ4v) is 3.26. The van der Waals surface area contributed by atoms with Crippen LogP contribution in [0.1, 0.15) is 45.1 Å². The van der Waals surface area contributed by atoms with E-state index in [2.05, 4.69) is 12.2 Å². The third-order valence-corrected chi connectivity index (χ3v) is 5.19. The van der Waals surface area contributed by atoms with Gasteiger partial charge in [0.15, 0.2) is 6.10 Å². The maximum atomic E-state index is 12.2. The molecule has 1 aromatic rings. The molecule has 1 aromatic carbocycles. The Bertz CT molecular complexity index is 606. The van der Waals surface area contributed by atoms with Crippen LogP contribution in [0.2, 0.25) is 10.0 Å². The van der Waals surface area contributed by atoms with Gasteiger partial charge in [0.2, 0.25) is 0 Å². The van der Waals surface area contributed by atoms with Crippen molar-refractivity contribution in [3.63, 3.8) is 0 Å². The van der Waals surface area contributed by atoms with Gasteiger partial charge in [0.25, 0.3) is 5.91 Å². The molecule has 24 heavy (non-hydrogen) atoms. The Morgan fingerprint density at radius 2 is 1.96 bits per heavy atom. The number of hydrogen-bond donors (Lipinski definition) is 1. The summed E-state index contributed by atoms with van der Waals surface area (Å²) in [5.41, 5.74) is 0.697. The second kappa shape index (κ2) is 8.72. The fraction of sp³-hybridized carbons (Fsp3) is 0.556. The molecule has 6 heteroatoms. The summed E-state index contributed by atoms with van der Waals surface area (Å²) in [4.78, 5) is 24.2. The van der Waals surface area contributed by atoms with Gasteiger partial charge >= 0.3 is 5.97 Å². The van der Waals surface area contributed by atoms with Crippen LogP contribution in [0.3, 0.4) is 0 Å². The molecule has 0 spiro atoms. The first kappa shape index (κ1) is 19.1. The van der Waals surface area contributed by atoms with Crippen molar-refractivity contribution in [2.45, 2.75) is 58.1 Å². The summed E-state index contributed by atoms with van der Waals surface area (Å²) in [5.74, 6) is -0.245. The predicted octanol–water partition coefficient (Wildman–Crippen LogP) is 4.16. The Hall–Kier alpha value is -1.26. The normalized spacial score (nSPS) is 21.8. The van der Waals surface area contributed by atoms with Crippen molar-refractivity contribution in [1.29, 1.82) is 0 Å². The number of amides is 1. The molecule has 4 nitrogen and oxygen atoms in total. The number of nitrogens with one attached hydrogen (secondary N) is 1. The van der Waals surface area contributed by atoms with Crippen molar-refractivity contribution in [2.75, 3.05) is 0 Å². The van der Waals surface area contributed by atoms with Crippen LogP contribution in [0.25, 0.3) is 0 Å². The van der Waals surface area contributed by atoms with Crippen molar-refractivity contribution in [3.8, 4) is 0 Å². The molecule has 2 rings (SSSR count). The van der Waals surface area contributed by atoms with Gasteiger partial charge in [-0.2, -0.15) is 0 Å². The zero-order valence-corrected chi connectivity index (χ0v) is 15.5. The molecule has 0 heterocycles. The number of hydrogen-bond acceptors (Lipinski definition) is 3. The Labute approximate surface area is 152 Å². The molecular weight excluding hydrogens is 349 g/mol. The highest BCUT2D eigenvalue weighted by Crippen LogP contribution is 2.24. The van der Waals surface area contributed by atoms with Gasteiger partial charge in [-0.1, -0.05) is 49.0 Å².